The lowest BCUT2D eigenvalue weighted by molar-refractivity contribution is -0.0655. The number of hydrogen-bond acceptors (Lipinski definition) is 4. The molecule has 0 atom stereocenters. The zero-order valence-electron chi connectivity index (χ0n) is 9.60. The molecule has 104 valence electrons. The first-order chi connectivity index (χ1) is 7.00. The van der Waals surface area contributed by atoms with Crippen molar-refractivity contribution in [3.05, 3.63) is 0 Å². The summed E-state index contributed by atoms with van der Waals surface area (Å²) in [5.41, 5.74) is 0. The van der Waals surface area contributed by atoms with Crippen LogP contribution < -0.4 is 0 Å². The summed E-state index contributed by atoms with van der Waals surface area (Å²) < 4.78 is 82.6. The highest BCUT2D eigenvalue weighted by Crippen LogP contribution is 2.45. The molecule has 0 unspecified atom stereocenters. The van der Waals surface area contributed by atoms with Crippen molar-refractivity contribution >= 4 is 20.2 Å². The van der Waals surface area contributed by atoms with Gasteiger partial charge in [0.1, 0.15) is 0 Å². The van der Waals surface area contributed by atoms with Gasteiger partial charge in [-0.1, -0.05) is 0 Å². The number of halogens is 2. The zero-order valence-corrected chi connectivity index (χ0v) is 11.2. The Balaban J connectivity index is 6.10. The Morgan fingerprint density at radius 2 is 0.941 bits per heavy atom. The van der Waals surface area contributed by atoms with Crippen LogP contribution in [0.1, 0.15) is 27.7 Å². The van der Waals surface area contributed by atoms with Gasteiger partial charge in [0.25, 0.3) is 26.2 Å². The van der Waals surface area contributed by atoms with Gasteiger partial charge < -0.3 is 0 Å². The Hall–Kier alpha value is -0.320. The molecule has 0 amide bonds. The normalized spacial score (nSPS) is 16.0. The van der Waals surface area contributed by atoms with E-state index >= 15 is 0 Å². The largest absolute Gasteiger partial charge is 0.290 e. The molecule has 0 aromatic heterocycles. The first-order valence-corrected chi connectivity index (χ1v) is 7.20. The average molecular weight is 296 g/mol. The first kappa shape index (κ1) is 16.7. The van der Waals surface area contributed by atoms with Crippen LogP contribution in [0.2, 0.25) is 0 Å². The Bertz CT molecular complexity index is 456. The van der Waals surface area contributed by atoms with E-state index in [0.29, 0.717) is 27.7 Å². The molecule has 0 radical (unpaired) electrons. The van der Waals surface area contributed by atoms with Gasteiger partial charge >= 0.3 is 0 Å². The third-order valence-electron chi connectivity index (χ3n) is 2.80. The van der Waals surface area contributed by atoms with Crippen molar-refractivity contribution in [3.8, 4) is 0 Å². The molecular weight excluding hydrogens is 282 g/mol. The van der Waals surface area contributed by atoms with Crippen LogP contribution in [0.15, 0.2) is 0 Å². The molecule has 6 nitrogen and oxygen atoms in total. The van der Waals surface area contributed by atoms with Crippen LogP contribution >= 0.6 is 0 Å². The lowest BCUT2D eigenvalue weighted by Crippen LogP contribution is -2.63. The van der Waals surface area contributed by atoms with Gasteiger partial charge in [-0.25, -0.2) is 8.78 Å². The van der Waals surface area contributed by atoms with Crippen LogP contribution in [0.5, 0.6) is 0 Å². The second kappa shape index (κ2) is 3.84. The van der Waals surface area contributed by atoms with Crippen molar-refractivity contribution in [2.45, 2.75) is 43.1 Å². The SMILES string of the molecule is CC(C)(C(F)(F)C(C)(C)S(=O)(=O)O)S(=O)(=O)O. The summed E-state index contributed by atoms with van der Waals surface area (Å²) in [6, 6.07) is 0. The Kier molecular flexibility index (Phi) is 3.76. The predicted molar refractivity (Wildman–Crippen MR) is 56.2 cm³/mol. The molecule has 0 spiro atoms. The van der Waals surface area contributed by atoms with Crippen molar-refractivity contribution in [1.29, 1.82) is 0 Å². The van der Waals surface area contributed by atoms with E-state index in [2.05, 4.69) is 0 Å². The van der Waals surface area contributed by atoms with E-state index in [0.717, 1.165) is 0 Å². The molecule has 0 saturated heterocycles. The van der Waals surface area contributed by atoms with Gasteiger partial charge in [-0.2, -0.15) is 16.8 Å². The van der Waals surface area contributed by atoms with Gasteiger partial charge in [-0.3, -0.25) is 9.11 Å². The second-order valence-electron chi connectivity index (χ2n) is 4.55. The van der Waals surface area contributed by atoms with Crippen LogP contribution in [0, 0.1) is 0 Å². The van der Waals surface area contributed by atoms with Gasteiger partial charge in [0.2, 0.25) is 0 Å². The number of rotatable bonds is 4. The molecule has 0 aromatic carbocycles. The molecule has 0 saturated carbocycles. The summed E-state index contributed by atoms with van der Waals surface area (Å²) in [6.07, 6.45) is 0. The Labute approximate surface area is 98.5 Å². The summed E-state index contributed by atoms with van der Waals surface area (Å²) in [5, 5.41) is 0. The summed E-state index contributed by atoms with van der Waals surface area (Å²) in [5.74, 6) is -4.42. The summed E-state index contributed by atoms with van der Waals surface area (Å²) in [6.45, 7) is 1.87. The molecule has 0 aliphatic rings. The molecule has 0 rings (SSSR count). The van der Waals surface area contributed by atoms with Gasteiger partial charge in [-0.05, 0) is 27.7 Å². The topological polar surface area (TPSA) is 109 Å². The molecule has 10 heteroatoms. The maximum atomic E-state index is 13.9. The third-order valence-corrected chi connectivity index (χ3v) is 5.89. The monoisotopic (exact) mass is 296 g/mol. The Morgan fingerprint density at radius 3 is 1.06 bits per heavy atom. The third kappa shape index (κ3) is 2.30. The lowest BCUT2D eigenvalue weighted by atomic mass is 9.93. The minimum Gasteiger partial charge on any atom is -0.285 e. The summed E-state index contributed by atoms with van der Waals surface area (Å²) >= 11 is 0. The maximum absolute atomic E-state index is 13.9. The fraction of sp³-hybridized carbons (Fsp3) is 1.00. The fourth-order valence-electron chi connectivity index (χ4n) is 1.05. The minimum atomic E-state index is -5.23. The highest BCUT2D eigenvalue weighted by molar-refractivity contribution is 7.88. The van der Waals surface area contributed by atoms with E-state index in [1.54, 1.807) is 0 Å². The molecule has 0 bridgehead atoms. The van der Waals surface area contributed by atoms with E-state index in [1.165, 1.54) is 0 Å². The molecule has 2 N–H and O–H groups in total. The van der Waals surface area contributed by atoms with Gasteiger partial charge in [0, 0.05) is 0 Å². The molecule has 0 heterocycles. The van der Waals surface area contributed by atoms with Gasteiger partial charge in [0.05, 0.1) is 0 Å². The predicted octanol–water partition coefficient (Wildman–Crippen LogP) is 0.955. The quantitative estimate of drug-likeness (QED) is 0.748. The lowest BCUT2D eigenvalue weighted by Gasteiger charge is -2.39. The van der Waals surface area contributed by atoms with Crippen LogP contribution in [0.4, 0.5) is 8.78 Å². The Morgan fingerprint density at radius 1 is 0.765 bits per heavy atom. The minimum absolute atomic E-state index is 0.468. The van der Waals surface area contributed by atoms with Gasteiger partial charge in [-0.15, -0.1) is 0 Å². The van der Waals surface area contributed by atoms with E-state index in [9.17, 15) is 25.6 Å². The van der Waals surface area contributed by atoms with E-state index < -0.39 is 35.7 Å². The molecule has 17 heavy (non-hydrogen) atoms. The summed E-state index contributed by atoms with van der Waals surface area (Å²) in [4.78, 5) is 0. The molecule has 0 aromatic rings. The van der Waals surface area contributed by atoms with Crippen molar-refractivity contribution in [2.75, 3.05) is 0 Å². The molecule has 0 aliphatic heterocycles. The average Bonchev–Trinajstić information content (AvgIpc) is 1.98. The highest BCUT2D eigenvalue weighted by atomic mass is 32.2. The first-order valence-electron chi connectivity index (χ1n) is 4.32. The molecular formula is C7H14F2O6S2. The maximum Gasteiger partial charge on any atom is 0.290 e. The summed E-state index contributed by atoms with van der Waals surface area (Å²) in [7, 11) is -10.5. The van der Waals surface area contributed by atoms with Crippen molar-refractivity contribution in [1.82, 2.24) is 0 Å². The number of hydrogen-bond donors (Lipinski definition) is 2. The van der Waals surface area contributed by atoms with E-state index in [4.69, 9.17) is 9.11 Å². The van der Waals surface area contributed by atoms with E-state index in [1.807, 2.05) is 0 Å². The van der Waals surface area contributed by atoms with E-state index in [-0.39, 0.29) is 0 Å². The molecule has 0 fully saturated rings. The second-order valence-corrected chi connectivity index (χ2v) is 8.49. The molecule has 0 aliphatic carbocycles. The smallest absolute Gasteiger partial charge is 0.285 e. The van der Waals surface area contributed by atoms with Crippen molar-refractivity contribution < 1.29 is 34.7 Å². The van der Waals surface area contributed by atoms with Crippen molar-refractivity contribution in [3.63, 3.8) is 0 Å². The van der Waals surface area contributed by atoms with Gasteiger partial charge in [0.15, 0.2) is 9.49 Å². The van der Waals surface area contributed by atoms with Crippen LogP contribution in [-0.2, 0) is 20.2 Å². The zero-order chi connectivity index (χ0) is 14.5. The fourth-order valence-corrected chi connectivity index (χ4v) is 2.27. The van der Waals surface area contributed by atoms with Crippen LogP contribution in [-0.4, -0.2) is 41.4 Å². The van der Waals surface area contributed by atoms with Crippen molar-refractivity contribution in [2.24, 2.45) is 0 Å². The highest BCUT2D eigenvalue weighted by Gasteiger charge is 2.68. The van der Waals surface area contributed by atoms with Crippen LogP contribution in [0.25, 0.3) is 0 Å². The number of alkyl halides is 2. The standard InChI is InChI=1S/C7H14F2O6S2/c1-5(2,16(10,11)12)7(8,9)6(3,4)17(13,14)15/h1-4H3,(H,10,11,12)(H,13,14,15). The van der Waals surface area contributed by atoms with Crippen LogP contribution in [0.3, 0.4) is 0 Å².